The normalized spacial score (nSPS) is 10.8. The largest absolute Gasteiger partial charge is 0.354 e. The van der Waals surface area contributed by atoms with E-state index in [9.17, 15) is 4.79 Å². The number of nitrogens with zero attached hydrogens (tertiary/aromatic N) is 2. The highest BCUT2D eigenvalue weighted by Crippen LogP contribution is 2.22. The van der Waals surface area contributed by atoms with E-state index in [0.29, 0.717) is 11.6 Å². The molecule has 0 saturated carbocycles. The number of nitrogens with one attached hydrogen (secondary N) is 1. The van der Waals surface area contributed by atoms with Gasteiger partial charge in [0.05, 0.1) is 16.7 Å². The van der Waals surface area contributed by atoms with Crippen LogP contribution in [0, 0.1) is 0 Å². The Morgan fingerprint density at radius 1 is 1.14 bits per heavy atom. The van der Waals surface area contributed by atoms with Gasteiger partial charge >= 0.3 is 0 Å². The number of hydrogen-bond acceptors (Lipinski definition) is 2. The molecule has 0 radical (unpaired) electrons. The monoisotopic (exact) mass is 313 g/mol. The van der Waals surface area contributed by atoms with Gasteiger partial charge in [-0.3, -0.25) is 9.48 Å². The molecule has 1 heterocycles. The van der Waals surface area contributed by atoms with E-state index in [4.69, 9.17) is 11.6 Å². The third kappa shape index (κ3) is 3.28. The van der Waals surface area contributed by atoms with E-state index in [2.05, 4.69) is 22.5 Å². The Kier molecular flexibility index (Phi) is 4.39. The molecule has 5 heteroatoms. The number of carbonyl (C=O) groups is 1. The summed E-state index contributed by atoms with van der Waals surface area (Å²) in [7, 11) is 0. The third-order valence-electron chi connectivity index (χ3n) is 3.51. The van der Waals surface area contributed by atoms with Crippen molar-refractivity contribution >= 4 is 28.4 Å². The molecule has 1 N–H and O–H groups in total. The van der Waals surface area contributed by atoms with Crippen molar-refractivity contribution in [2.75, 3.05) is 6.54 Å². The zero-order valence-electron chi connectivity index (χ0n) is 12.0. The van der Waals surface area contributed by atoms with Crippen LogP contribution in [0.5, 0.6) is 0 Å². The van der Waals surface area contributed by atoms with Crippen LogP contribution >= 0.6 is 11.6 Å². The van der Waals surface area contributed by atoms with Gasteiger partial charge < -0.3 is 5.32 Å². The van der Waals surface area contributed by atoms with Crippen molar-refractivity contribution in [2.45, 2.75) is 13.0 Å². The second-order valence-electron chi connectivity index (χ2n) is 5.06. The number of rotatable bonds is 5. The Balaban J connectivity index is 1.58. The van der Waals surface area contributed by atoms with Crippen LogP contribution in [-0.2, 0) is 17.8 Å². The molecule has 22 heavy (non-hydrogen) atoms. The van der Waals surface area contributed by atoms with Crippen molar-refractivity contribution < 1.29 is 4.79 Å². The van der Waals surface area contributed by atoms with Crippen LogP contribution < -0.4 is 5.32 Å². The topological polar surface area (TPSA) is 46.9 Å². The minimum atomic E-state index is -0.0547. The maximum Gasteiger partial charge on any atom is 0.241 e. The average molecular weight is 314 g/mol. The van der Waals surface area contributed by atoms with Crippen molar-refractivity contribution in [1.29, 1.82) is 0 Å². The molecule has 0 saturated heterocycles. The Hall–Kier alpha value is -2.33. The van der Waals surface area contributed by atoms with Gasteiger partial charge in [-0.2, -0.15) is 5.10 Å². The zero-order chi connectivity index (χ0) is 15.4. The molecule has 0 aliphatic carbocycles. The van der Waals surface area contributed by atoms with Crippen molar-refractivity contribution in [3.63, 3.8) is 0 Å². The Labute approximate surface area is 133 Å². The summed E-state index contributed by atoms with van der Waals surface area (Å²) in [6.07, 6.45) is 2.51. The van der Waals surface area contributed by atoms with Gasteiger partial charge in [0, 0.05) is 11.9 Å². The van der Waals surface area contributed by atoms with Gasteiger partial charge in [0.2, 0.25) is 5.91 Å². The molecule has 0 unspecified atom stereocenters. The Morgan fingerprint density at radius 2 is 1.95 bits per heavy atom. The van der Waals surface area contributed by atoms with Gasteiger partial charge in [-0.15, -0.1) is 0 Å². The Morgan fingerprint density at radius 3 is 2.77 bits per heavy atom. The fourth-order valence-corrected chi connectivity index (χ4v) is 2.60. The molecule has 112 valence electrons. The number of halogens is 1. The van der Waals surface area contributed by atoms with Crippen molar-refractivity contribution in [3.05, 3.63) is 65.3 Å². The lowest BCUT2D eigenvalue weighted by molar-refractivity contribution is -0.121. The van der Waals surface area contributed by atoms with Gasteiger partial charge in [-0.1, -0.05) is 48.0 Å². The molecule has 0 fully saturated rings. The van der Waals surface area contributed by atoms with Gasteiger partial charge in [-0.25, -0.2) is 0 Å². The van der Waals surface area contributed by atoms with Crippen LogP contribution in [0.1, 0.15) is 5.56 Å². The van der Waals surface area contributed by atoms with E-state index >= 15 is 0 Å². The van der Waals surface area contributed by atoms with Crippen molar-refractivity contribution in [1.82, 2.24) is 15.1 Å². The molecule has 0 bridgehead atoms. The van der Waals surface area contributed by atoms with Crippen LogP contribution in [0.4, 0.5) is 0 Å². The summed E-state index contributed by atoms with van der Waals surface area (Å²) < 4.78 is 1.67. The number of carbonyl (C=O) groups excluding carboxylic acids is 1. The van der Waals surface area contributed by atoms with E-state index < -0.39 is 0 Å². The zero-order valence-corrected chi connectivity index (χ0v) is 12.8. The molecule has 0 aliphatic rings. The fraction of sp³-hybridized carbons (Fsp3) is 0.176. The fourth-order valence-electron chi connectivity index (χ4n) is 2.38. The SMILES string of the molecule is O=C(Cn1ncc2c(Cl)cccc21)NCCc1ccccc1. The van der Waals surface area contributed by atoms with Crippen LogP contribution in [0.3, 0.4) is 0 Å². The summed E-state index contributed by atoms with van der Waals surface area (Å²) in [6.45, 7) is 0.807. The first-order valence-electron chi connectivity index (χ1n) is 7.15. The standard InChI is InChI=1S/C17H16ClN3O/c18-15-7-4-8-16-14(15)11-20-21(16)12-17(22)19-10-9-13-5-2-1-3-6-13/h1-8,11H,9-10,12H2,(H,19,22). The van der Waals surface area contributed by atoms with Crippen molar-refractivity contribution in [2.24, 2.45) is 0 Å². The first-order valence-corrected chi connectivity index (χ1v) is 7.52. The van der Waals surface area contributed by atoms with E-state index in [-0.39, 0.29) is 12.5 Å². The van der Waals surface area contributed by atoms with E-state index in [1.807, 2.05) is 36.4 Å². The first kappa shape index (κ1) is 14.6. The second kappa shape index (κ2) is 6.62. The van der Waals surface area contributed by atoms with Crippen LogP contribution in [0.15, 0.2) is 54.7 Å². The summed E-state index contributed by atoms with van der Waals surface area (Å²) in [4.78, 5) is 12.0. The summed E-state index contributed by atoms with van der Waals surface area (Å²) in [5.74, 6) is -0.0547. The lowest BCUT2D eigenvalue weighted by Gasteiger charge is -2.06. The summed E-state index contributed by atoms with van der Waals surface area (Å²) in [5.41, 5.74) is 2.07. The number of fused-ring (bicyclic) bond motifs is 1. The highest BCUT2D eigenvalue weighted by atomic mass is 35.5. The third-order valence-corrected chi connectivity index (χ3v) is 3.84. The first-order chi connectivity index (χ1) is 10.7. The minimum absolute atomic E-state index is 0.0547. The van der Waals surface area contributed by atoms with Gasteiger partial charge in [0.1, 0.15) is 6.54 Å². The van der Waals surface area contributed by atoms with E-state index in [0.717, 1.165) is 17.3 Å². The smallest absolute Gasteiger partial charge is 0.241 e. The second-order valence-corrected chi connectivity index (χ2v) is 5.47. The van der Waals surface area contributed by atoms with Crippen LogP contribution in [0.2, 0.25) is 5.02 Å². The molecular formula is C17H16ClN3O. The molecule has 1 aromatic heterocycles. The molecular weight excluding hydrogens is 298 g/mol. The highest BCUT2D eigenvalue weighted by Gasteiger charge is 2.09. The molecule has 3 rings (SSSR count). The molecule has 0 atom stereocenters. The van der Waals surface area contributed by atoms with E-state index in [1.165, 1.54) is 5.56 Å². The van der Waals surface area contributed by atoms with Gasteiger partial charge in [0.25, 0.3) is 0 Å². The summed E-state index contributed by atoms with van der Waals surface area (Å²) in [6, 6.07) is 15.7. The van der Waals surface area contributed by atoms with Crippen molar-refractivity contribution in [3.8, 4) is 0 Å². The number of amides is 1. The maximum absolute atomic E-state index is 12.0. The molecule has 4 nitrogen and oxygen atoms in total. The van der Waals surface area contributed by atoms with Gasteiger partial charge in [0.15, 0.2) is 0 Å². The van der Waals surface area contributed by atoms with E-state index in [1.54, 1.807) is 10.9 Å². The molecule has 0 aliphatic heterocycles. The lowest BCUT2D eigenvalue weighted by Crippen LogP contribution is -2.29. The number of aromatic nitrogens is 2. The number of hydrogen-bond donors (Lipinski definition) is 1. The molecule has 3 aromatic rings. The summed E-state index contributed by atoms with van der Waals surface area (Å²) >= 11 is 6.10. The highest BCUT2D eigenvalue weighted by molar-refractivity contribution is 6.35. The summed E-state index contributed by atoms with van der Waals surface area (Å²) in [5, 5.41) is 8.66. The predicted molar refractivity (Wildman–Crippen MR) is 87.9 cm³/mol. The predicted octanol–water partition coefficient (Wildman–Crippen LogP) is 3.05. The van der Waals surface area contributed by atoms with Crippen LogP contribution in [-0.4, -0.2) is 22.2 Å². The quantitative estimate of drug-likeness (QED) is 0.787. The minimum Gasteiger partial charge on any atom is -0.354 e. The molecule has 1 amide bonds. The Bertz CT molecular complexity index is 783. The molecule has 2 aromatic carbocycles. The average Bonchev–Trinajstić information content (AvgIpc) is 2.93. The van der Waals surface area contributed by atoms with Crippen LogP contribution in [0.25, 0.3) is 10.9 Å². The molecule has 0 spiro atoms. The lowest BCUT2D eigenvalue weighted by atomic mass is 10.1. The van der Waals surface area contributed by atoms with Gasteiger partial charge in [-0.05, 0) is 24.1 Å². The number of benzene rings is 2. The maximum atomic E-state index is 12.0.